The van der Waals surface area contributed by atoms with Gasteiger partial charge in [-0.25, -0.2) is 19.2 Å². The van der Waals surface area contributed by atoms with Crippen LogP contribution in [0.3, 0.4) is 0 Å². The normalized spacial score (nSPS) is 9.65. The number of methoxy groups -OCH3 is 1. The van der Waals surface area contributed by atoms with Crippen molar-refractivity contribution in [2.24, 2.45) is 0 Å². The van der Waals surface area contributed by atoms with Gasteiger partial charge < -0.3 is 28.4 Å². The molecule has 0 unspecified atom stereocenters. The van der Waals surface area contributed by atoms with Crippen molar-refractivity contribution in [3.63, 3.8) is 0 Å². The van der Waals surface area contributed by atoms with E-state index in [0.717, 1.165) is 42.5 Å². The summed E-state index contributed by atoms with van der Waals surface area (Å²) >= 11 is 4.24. The van der Waals surface area contributed by atoms with E-state index in [4.69, 9.17) is 23.7 Å². The van der Waals surface area contributed by atoms with Crippen LogP contribution < -0.4 is 14.2 Å². The van der Waals surface area contributed by atoms with Crippen molar-refractivity contribution in [2.45, 2.75) is 39.5 Å². The number of aryl methyl sites for hydroxylation is 2. The van der Waals surface area contributed by atoms with Crippen molar-refractivity contribution in [3.8, 4) is 17.2 Å². The standard InChI is InChI=1S/C22H24O5.C15H18O5.I2/c1-4-21(23)26-14-6-5-13-25-19-11-8-18(9-12-19)22(24)27-20-10-7-16(2)17(3)15-20;1-3-14(16)20-11-5-4-10-19-13-8-6-12(7-9-13)15(17)18-2;1-2/h4,7-12,15H,1,5-6,13-14H2,2-3H3;3,6-9H,1,4-5,10-11H2,2H3;. The molecule has 3 aromatic rings. The van der Waals surface area contributed by atoms with E-state index in [1.807, 2.05) is 26.0 Å². The molecule has 3 rings (SSSR count). The minimum Gasteiger partial charge on any atom is -0.494 e. The maximum Gasteiger partial charge on any atom is 0.343 e. The maximum absolute atomic E-state index is 12.2. The van der Waals surface area contributed by atoms with E-state index >= 15 is 0 Å². The second kappa shape index (κ2) is 26.0. The van der Waals surface area contributed by atoms with Crippen LogP contribution in [0, 0.1) is 13.8 Å². The Kier molecular flexibility index (Phi) is 22.9. The minimum atomic E-state index is -0.417. The van der Waals surface area contributed by atoms with Crippen LogP contribution in [0.25, 0.3) is 0 Å². The zero-order valence-electron chi connectivity index (χ0n) is 27.9. The summed E-state index contributed by atoms with van der Waals surface area (Å²) in [6.45, 7) is 12.3. The van der Waals surface area contributed by atoms with Crippen molar-refractivity contribution in [1.29, 1.82) is 0 Å². The number of benzene rings is 3. The van der Waals surface area contributed by atoms with Gasteiger partial charge in [-0.3, -0.25) is 0 Å². The molecule has 264 valence electrons. The maximum atomic E-state index is 12.2. The zero-order chi connectivity index (χ0) is 36.4. The smallest absolute Gasteiger partial charge is 0.343 e. The predicted octanol–water partition coefficient (Wildman–Crippen LogP) is 8.54. The zero-order valence-corrected chi connectivity index (χ0v) is 32.2. The highest BCUT2D eigenvalue weighted by Gasteiger charge is 2.10. The van der Waals surface area contributed by atoms with E-state index in [9.17, 15) is 19.2 Å². The fourth-order valence-corrected chi connectivity index (χ4v) is 3.69. The first kappa shape index (κ1) is 43.1. The lowest BCUT2D eigenvalue weighted by molar-refractivity contribution is -0.138. The molecule has 3 aromatic carbocycles. The van der Waals surface area contributed by atoms with Crippen molar-refractivity contribution < 1.29 is 47.6 Å². The third-order valence-corrected chi connectivity index (χ3v) is 6.49. The third-order valence-electron chi connectivity index (χ3n) is 6.49. The average molecular weight is 901 g/mol. The van der Waals surface area contributed by atoms with E-state index in [0.29, 0.717) is 61.2 Å². The van der Waals surface area contributed by atoms with Crippen LogP contribution in [-0.4, -0.2) is 57.4 Å². The molecule has 0 N–H and O–H groups in total. The van der Waals surface area contributed by atoms with Crippen molar-refractivity contribution in [1.82, 2.24) is 0 Å². The lowest BCUT2D eigenvalue weighted by atomic mass is 10.1. The molecule has 12 heteroatoms. The van der Waals surface area contributed by atoms with Gasteiger partial charge >= 0.3 is 23.9 Å². The van der Waals surface area contributed by atoms with Crippen molar-refractivity contribution in [3.05, 3.63) is 114 Å². The van der Waals surface area contributed by atoms with Gasteiger partial charge in [-0.2, -0.15) is 0 Å². The van der Waals surface area contributed by atoms with Crippen LogP contribution >= 0.6 is 37.2 Å². The van der Waals surface area contributed by atoms with Gasteiger partial charge in [0.25, 0.3) is 0 Å². The fourth-order valence-electron chi connectivity index (χ4n) is 3.69. The second-order valence-corrected chi connectivity index (χ2v) is 10.0. The molecular weight excluding hydrogens is 858 g/mol. The number of unbranched alkanes of at least 4 members (excludes halogenated alkanes) is 2. The number of ether oxygens (including phenoxy) is 6. The Morgan fingerprint density at radius 1 is 0.592 bits per heavy atom. The summed E-state index contributed by atoms with van der Waals surface area (Å²) in [7, 11) is 1.34. The Morgan fingerprint density at radius 2 is 1.00 bits per heavy atom. The molecule has 0 heterocycles. The fraction of sp³-hybridized carbons (Fsp3) is 0.297. The molecule has 0 aliphatic carbocycles. The number of hydrogen-bond donors (Lipinski definition) is 0. The summed E-state index contributed by atoms with van der Waals surface area (Å²) in [5, 5.41) is 0. The molecule has 0 amide bonds. The van der Waals surface area contributed by atoms with E-state index in [2.05, 4.69) is 55.1 Å². The third kappa shape index (κ3) is 18.4. The first-order valence-corrected chi connectivity index (χ1v) is 21.5. The number of halogens is 2. The molecule has 0 radical (unpaired) electrons. The molecule has 49 heavy (non-hydrogen) atoms. The topological polar surface area (TPSA) is 124 Å². The van der Waals surface area contributed by atoms with Gasteiger partial charge in [0.15, 0.2) is 0 Å². The lowest BCUT2D eigenvalue weighted by Gasteiger charge is -2.08. The van der Waals surface area contributed by atoms with Crippen LogP contribution in [0.4, 0.5) is 0 Å². The molecule has 0 fully saturated rings. The molecule has 0 aliphatic rings. The summed E-state index contributed by atoms with van der Waals surface area (Å²) in [4.78, 5) is 45.1. The Balaban J connectivity index is 0.000000486. The second-order valence-electron chi connectivity index (χ2n) is 10.0. The summed E-state index contributed by atoms with van der Waals surface area (Å²) < 4.78 is 30.8. The van der Waals surface area contributed by atoms with Crippen LogP contribution in [-0.2, 0) is 23.8 Å². The van der Waals surface area contributed by atoms with Crippen molar-refractivity contribution in [2.75, 3.05) is 33.5 Å². The molecule has 0 saturated carbocycles. The van der Waals surface area contributed by atoms with E-state index in [-0.39, 0.29) is 5.97 Å². The van der Waals surface area contributed by atoms with Crippen LogP contribution in [0.1, 0.15) is 57.5 Å². The molecular formula is C37H42I2O10. The number of carbonyl (C=O) groups is 4. The van der Waals surface area contributed by atoms with Gasteiger partial charge in [-0.1, -0.05) is 19.2 Å². The molecule has 0 saturated heterocycles. The highest BCUT2D eigenvalue weighted by atomic mass is 128. The van der Waals surface area contributed by atoms with Gasteiger partial charge in [0.2, 0.25) is 0 Å². The first-order valence-electron chi connectivity index (χ1n) is 15.2. The van der Waals surface area contributed by atoms with Gasteiger partial charge in [-0.15, -0.1) is 0 Å². The lowest BCUT2D eigenvalue weighted by Crippen LogP contribution is -2.08. The molecule has 10 nitrogen and oxygen atoms in total. The summed E-state index contributed by atoms with van der Waals surface area (Å²) in [6, 6.07) is 19.1. The van der Waals surface area contributed by atoms with Crippen LogP contribution in [0.15, 0.2) is 92.0 Å². The van der Waals surface area contributed by atoms with E-state index in [1.165, 1.54) is 7.11 Å². The average Bonchev–Trinajstić information content (AvgIpc) is 3.13. The molecule has 0 bridgehead atoms. The van der Waals surface area contributed by atoms with Crippen LogP contribution in [0.2, 0.25) is 0 Å². The van der Waals surface area contributed by atoms with Crippen molar-refractivity contribution >= 4 is 61.1 Å². The van der Waals surface area contributed by atoms with Gasteiger partial charge in [-0.05, 0) is 111 Å². The van der Waals surface area contributed by atoms with Gasteiger partial charge in [0.1, 0.15) is 17.2 Å². The Labute approximate surface area is 311 Å². The number of hydrogen-bond acceptors (Lipinski definition) is 10. The first-order chi connectivity index (χ1) is 23.7. The molecule has 0 aromatic heterocycles. The Morgan fingerprint density at radius 3 is 1.41 bits per heavy atom. The minimum absolute atomic E-state index is 0.345. The monoisotopic (exact) mass is 900 g/mol. The highest BCUT2D eigenvalue weighted by molar-refractivity contribution is 15.0. The van der Waals surface area contributed by atoms with E-state index < -0.39 is 17.9 Å². The van der Waals surface area contributed by atoms with Gasteiger partial charge in [0.05, 0.1) is 44.7 Å². The molecule has 0 spiro atoms. The number of esters is 4. The largest absolute Gasteiger partial charge is 0.494 e. The van der Waals surface area contributed by atoms with Gasteiger partial charge in [0, 0.05) is 49.4 Å². The summed E-state index contributed by atoms with van der Waals surface area (Å²) in [6.07, 6.45) is 5.23. The number of rotatable bonds is 17. The SMILES string of the molecule is C=CC(=O)OCCCCOc1ccc(C(=O)OC)cc1.C=CC(=O)OCCCCOc1ccc(C(=O)Oc2ccc(C)c(C)c2)cc1.II. The summed E-state index contributed by atoms with van der Waals surface area (Å²) in [5.41, 5.74) is 3.16. The highest BCUT2D eigenvalue weighted by Crippen LogP contribution is 2.19. The van der Waals surface area contributed by atoms with E-state index in [1.54, 1.807) is 54.6 Å². The molecule has 0 aliphatic heterocycles. The Hall–Kier alpha value is -3.92. The quantitative estimate of drug-likeness (QED) is 0.0325. The molecule has 0 atom stereocenters. The number of carbonyl (C=O) groups excluding carboxylic acids is 4. The van der Waals surface area contributed by atoms with Crippen LogP contribution in [0.5, 0.6) is 17.2 Å². The Bertz CT molecular complexity index is 1470. The predicted molar refractivity (Wildman–Crippen MR) is 205 cm³/mol. The summed E-state index contributed by atoms with van der Waals surface area (Å²) in [5.74, 6) is 0.264.